The fourth-order valence-corrected chi connectivity index (χ4v) is 5.55. The Bertz CT molecular complexity index is 853. The molecule has 154 valence electrons. The van der Waals surface area contributed by atoms with Gasteiger partial charge in [-0.3, -0.25) is 9.59 Å². The van der Waals surface area contributed by atoms with Crippen molar-refractivity contribution in [2.24, 2.45) is 5.92 Å². The lowest BCUT2D eigenvalue weighted by atomic mass is 9.90. The van der Waals surface area contributed by atoms with Gasteiger partial charge in [-0.25, -0.2) is 0 Å². The third kappa shape index (κ3) is 4.89. The van der Waals surface area contributed by atoms with Crippen LogP contribution in [0.15, 0.2) is 36.4 Å². The Balaban J connectivity index is 1.24. The molecule has 1 unspecified atom stereocenters. The number of hydrogen-bond donors (Lipinski definition) is 0. The van der Waals surface area contributed by atoms with Gasteiger partial charge >= 0.3 is 0 Å². The number of fused-ring (bicyclic) bond motifs is 1. The molecule has 0 saturated carbocycles. The topological polar surface area (TPSA) is 40.6 Å². The van der Waals surface area contributed by atoms with Gasteiger partial charge < -0.3 is 9.80 Å². The highest BCUT2D eigenvalue weighted by atomic mass is 32.1. The first-order chi connectivity index (χ1) is 14.1. The largest absolute Gasteiger partial charge is 0.339 e. The average molecular weight is 411 g/mol. The maximum Gasteiger partial charge on any atom is 0.264 e. The fourth-order valence-electron chi connectivity index (χ4n) is 4.37. The molecule has 0 spiro atoms. The van der Waals surface area contributed by atoms with Crippen LogP contribution < -0.4 is 0 Å². The molecule has 2 amide bonds. The Hall–Kier alpha value is -2.14. The second-order valence-electron chi connectivity index (χ2n) is 8.42. The molecule has 29 heavy (non-hydrogen) atoms. The van der Waals surface area contributed by atoms with Crippen molar-refractivity contribution in [3.8, 4) is 0 Å². The number of hydrogen-bond acceptors (Lipinski definition) is 3. The number of rotatable bonds is 5. The van der Waals surface area contributed by atoms with E-state index in [0.717, 1.165) is 36.5 Å². The smallest absolute Gasteiger partial charge is 0.264 e. The Morgan fingerprint density at radius 1 is 1.07 bits per heavy atom. The van der Waals surface area contributed by atoms with E-state index in [1.54, 1.807) is 11.3 Å². The fraction of sp³-hybridized carbons (Fsp3) is 0.500. The summed E-state index contributed by atoms with van der Waals surface area (Å²) >= 11 is 1.68. The summed E-state index contributed by atoms with van der Waals surface area (Å²) in [5, 5.41) is 0. The van der Waals surface area contributed by atoms with Gasteiger partial charge in [-0.2, -0.15) is 0 Å². The summed E-state index contributed by atoms with van der Waals surface area (Å²) in [7, 11) is 0. The van der Waals surface area contributed by atoms with E-state index in [1.807, 2.05) is 28.0 Å². The third-order valence-electron chi connectivity index (χ3n) is 6.16. The van der Waals surface area contributed by atoms with Crippen LogP contribution >= 0.6 is 11.3 Å². The highest BCUT2D eigenvalue weighted by molar-refractivity contribution is 7.14. The summed E-state index contributed by atoms with van der Waals surface area (Å²) < 4.78 is 0. The molecule has 1 aromatic heterocycles. The highest BCUT2D eigenvalue weighted by Gasteiger charge is 2.27. The zero-order valence-electron chi connectivity index (χ0n) is 17.2. The predicted octanol–water partition coefficient (Wildman–Crippen LogP) is 4.18. The van der Waals surface area contributed by atoms with Gasteiger partial charge in [0.15, 0.2) is 0 Å². The number of nitrogens with zero attached hydrogens (tertiary/aromatic N) is 2. The van der Waals surface area contributed by atoms with Crippen molar-refractivity contribution in [2.45, 2.75) is 45.4 Å². The van der Waals surface area contributed by atoms with Gasteiger partial charge in [-0.05, 0) is 55.2 Å². The molecule has 2 aliphatic rings. The molecular weight excluding hydrogens is 380 g/mol. The zero-order chi connectivity index (χ0) is 20.2. The van der Waals surface area contributed by atoms with Crippen LogP contribution in [0.5, 0.6) is 0 Å². The first-order valence-corrected chi connectivity index (χ1v) is 11.6. The summed E-state index contributed by atoms with van der Waals surface area (Å²) in [5.41, 5.74) is 2.66. The van der Waals surface area contributed by atoms with E-state index in [2.05, 4.69) is 25.1 Å². The minimum atomic E-state index is 0.147. The summed E-state index contributed by atoms with van der Waals surface area (Å²) in [4.78, 5) is 31.6. The van der Waals surface area contributed by atoms with Gasteiger partial charge in [0, 0.05) is 37.5 Å². The lowest BCUT2D eigenvalue weighted by Crippen LogP contribution is -2.50. The third-order valence-corrected chi connectivity index (χ3v) is 7.38. The molecule has 4 nitrogen and oxygen atoms in total. The molecule has 2 aromatic rings. The number of thiophene rings is 1. The van der Waals surface area contributed by atoms with Crippen LogP contribution in [0, 0.1) is 5.92 Å². The van der Waals surface area contributed by atoms with E-state index < -0.39 is 0 Å². The average Bonchev–Trinajstić information content (AvgIpc) is 3.17. The van der Waals surface area contributed by atoms with E-state index in [4.69, 9.17) is 0 Å². The number of benzene rings is 1. The van der Waals surface area contributed by atoms with E-state index >= 15 is 0 Å². The molecule has 1 aliphatic carbocycles. The zero-order valence-corrected chi connectivity index (χ0v) is 18.0. The van der Waals surface area contributed by atoms with Crippen LogP contribution in [0.25, 0.3) is 0 Å². The summed E-state index contributed by atoms with van der Waals surface area (Å²) in [6.07, 6.45) is 5.84. The van der Waals surface area contributed by atoms with Crippen molar-refractivity contribution in [1.29, 1.82) is 0 Å². The van der Waals surface area contributed by atoms with E-state index in [-0.39, 0.29) is 11.8 Å². The Morgan fingerprint density at radius 2 is 1.79 bits per heavy atom. The van der Waals surface area contributed by atoms with Crippen molar-refractivity contribution in [3.63, 3.8) is 0 Å². The van der Waals surface area contributed by atoms with Crippen LogP contribution in [-0.4, -0.2) is 47.8 Å². The molecule has 4 rings (SSSR count). The monoisotopic (exact) mass is 410 g/mol. The van der Waals surface area contributed by atoms with E-state index in [1.165, 1.54) is 22.4 Å². The molecule has 1 fully saturated rings. The molecule has 0 N–H and O–H groups in total. The molecule has 2 heterocycles. The number of piperazine rings is 1. The minimum Gasteiger partial charge on any atom is -0.339 e. The maximum atomic E-state index is 12.9. The van der Waals surface area contributed by atoms with Gasteiger partial charge in [-0.15, -0.1) is 11.3 Å². The summed E-state index contributed by atoms with van der Waals surface area (Å²) in [6.45, 7) is 4.87. The first kappa shape index (κ1) is 20.1. The molecule has 1 saturated heterocycles. The standard InChI is InChI=1S/C24H30N2O2S/c1-18-10-11-21-20(16-18)17-22(29-21)24(28)26-14-12-25(13-15-26)23(27)9-5-8-19-6-3-2-4-7-19/h2-4,6-7,17-18H,5,8-16H2,1H3. The molecule has 1 aromatic carbocycles. The van der Waals surface area contributed by atoms with Crippen molar-refractivity contribution in [3.05, 3.63) is 57.3 Å². The number of carbonyl (C=O) groups excluding carboxylic acids is 2. The minimum absolute atomic E-state index is 0.147. The number of aryl methyl sites for hydroxylation is 2. The lowest BCUT2D eigenvalue weighted by molar-refractivity contribution is -0.132. The van der Waals surface area contributed by atoms with Gasteiger partial charge in [-0.1, -0.05) is 37.3 Å². The van der Waals surface area contributed by atoms with Crippen molar-refractivity contribution in [1.82, 2.24) is 9.80 Å². The second kappa shape index (κ2) is 9.12. The Labute approximate surface area is 177 Å². The van der Waals surface area contributed by atoms with Gasteiger partial charge in [0.1, 0.15) is 0 Å². The highest BCUT2D eigenvalue weighted by Crippen LogP contribution is 2.32. The molecule has 1 aliphatic heterocycles. The normalized spacial score (nSPS) is 19.1. The van der Waals surface area contributed by atoms with Crippen LogP contribution in [0.3, 0.4) is 0 Å². The summed E-state index contributed by atoms with van der Waals surface area (Å²) in [6, 6.07) is 12.4. The van der Waals surface area contributed by atoms with Crippen LogP contribution in [0.1, 0.15) is 51.9 Å². The predicted molar refractivity (Wildman–Crippen MR) is 117 cm³/mol. The van der Waals surface area contributed by atoms with E-state index in [9.17, 15) is 9.59 Å². The molecule has 0 bridgehead atoms. The molecular formula is C24H30N2O2S. The second-order valence-corrected chi connectivity index (χ2v) is 9.56. The van der Waals surface area contributed by atoms with E-state index in [0.29, 0.717) is 32.6 Å². The molecule has 5 heteroatoms. The Kier molecular flexibility index (Phi) is 6.34. The summed E-state index contributed by atoms with van der Waals surface area (Å²) in [5.74, 6) is 1.08. The molecule has 1 atom stereocenters. The SMILES string of the molecule is CC1CCc2sc(C(=O)N3CCN(C(=O)CCCc4ccccc4)CC3)cc2C1. The van der Waals surface area contributed by atoms with Gasteiger partial charge in [0.25, 0.3) is 5.91 Å². The number of amides is 2. The van der Waals surface area contributed by atoms with Crippen molar-refractivity contribution in [2.75, 3.05) is 26.2 Å². The number of carbonyl (C=O) groups is 2. The van der Waals surface area contributed by atoms with Crippen LogP contribution in [0.2, 0.25) is 0 Å². The lowest BCUT2D eigenvalue weighted by Gasteiger charge is -2.34. The first-order valence-electron chi connectivity index (χ1n) is 10.8. The van der Waals surface area contributed by atoms with Crippen molar-refractivity contribution < 1.29 is 9.59 Å². The van der Waals surface area contributed by atoms with Crippen molar-refractivity contribution >= 4 is 23.2 Å². The van der Waals surface area contributed by atoms with Crippen LogP contribution in [0.4, 0.5) is 0 Å². The quantitative estimate of drug-likeness (QED) is 0.742. The Morgan fingerprint density at radius 3 is 2.55 bits per heavy atom. The maximum absolute atomic E-state index is 12.9. The van der Waals surface area contributed by atoms with Gasteiger partial charge in [0.05, 0.1) is 4.88 Å². The molecule has 0 radical (unpaired) electrons. The van der Waals surface area contributed by atoms with Crippen LogP contribution in [-0.2, 0) is 24.1 Å². The van der Waals surface area contributed by atoms with Gasteiger partial charge in [0.2, 0.25) is 5.91 Å².